The number of ether oxygens (including phenoxy) is 5. The molecule has 0 aliphatic carbocycles. The molecule has 2 aromatic rings. The van der Waals surface area contributed by atoms with E-state index in [0.29, 0.717) is 36.2 Å². The quantitative estimate of drug-likeness (QED) is 0.590. The third-order valence-electron chi connectivity index (χ3n) is 3.21. The molecule has 0 spiro atoms. The first-order valence-electron chi connectivity index (χ1n) is 8.55. The van der Waals surface area contributed by atoms with Crippen LogP contribution in [-0.2, 0) is 19.1 Å². The Labute approximate surface area is 157 Å². The van der Waals surface area contributed by atoms with Crippen molar-refractivity contribution in [3.8, 4) is 23.0 Å². The van der Waals surface area contributed by atoms with Gasteiger partial charge in [-0.15, -0.1) is 0 Å². The van der Waals surface area contributed by atoms with Gasteiger partial charge in [-0.2, -0.15) is 0 Å². The number of hydrogen-bond acceptors (Lipinski definition) is 7. The Kier molecular flexibility index (Phi) is 7.96. The van der Waals surface area contributed by atoms with E-state index in [1.54, 1.807) is 62.4 Å². The van der Waals surface area contributed by atoms with E-state index in [0.717, 1.165) is 0 Å². The van der Waals surface area contributed by atoms with Crippen molar-refractivity contribution >= 4 is 11.9 Å². The van der Waals surface area contributed by atoms with Gasteiger partial charge in [0.05, 0.1) is 13.2 Å². The summed E-state index contributed by atoms with van der Waals surface area (Å²) in [5.74, 6) is 1.47. The third-order valence-corrected chi connectivity index (χ3v) is 3.21. The van der Waals surface area contributed by atoms with Gasteiger partial charge < -0.3 is 23.7 Å². The molecular weight excluding hydrogens is 352 g/mol. The van der Waals surface area contributed by atoms with E-state index in [2.05, 4.69) is 0 Å². The maximum atomic E-state index is 11.3. The number of carbonyl (C=O) groups is 2. The molecule has 0 aliphatic rings. The smallest absolute Gasteiger partial charge is 0.344 e. The lowest BCUT2D eigenvalue weighted by molar-refractivity contribution is -0.146. The van der Waals surface area contributed by atoms with Crippen LogP contribution in [0.3, 0.4) is 0 Å². The van der Waals surface area contributed by atoms with Crippen molar-refractivity contribution in [2.45, 2.75) is 13.8 Å². The summed E-state index contributed by atoms with van der Waals surface area (Å²) in [6.45, 7) is 3.85. The Hall–Kier alpha value is -3.22. The highest BCUT2D eigenvalue weighted by atomic mass is 16.6. The fourth-order valence-corrected chi connectivity index (χ4v) is 2.03. The number of esters is 2. The van der Waals surface area contributed by atoms with Crippen LogP contribution in [0.15, 0.2) is 48.5 Å². The molecule has 0 saturated heterocycles. The Morgan fingerprint density at radius 2 is 0.963 bits per heavy atom. The minimum absolute atomic E-state index is 0.138. The van der Waals surface area contributed by atoms with E-state index in [9.17, 15) is 9.59 Å². The molecule has 27 heavy (non-hydrogen) atoms. The molecule has 7 nitrogen and oxygen atoms in total. The van der Waals surface area contributed by atoms with Gasteiger partial charge in [0, 0.05) is 0 Å². The van der Waals surface area contributed by atoms with Gasteiger partial charge in [0.1, 0.15) is 23.0 Å². The summed E-state index contributed by atoms with van der Waals surface area (Å²) in [6.07, 6.45) is 0. The Bertz CT molecular complexity index is 660. The molecule has 0 saturated carbocycles. The zero-order valence-electron chi connectivity index (χ0n) is 15.3. The van der Waals surface area contributed by atoms with Crippen LogP contribution in [0.5, 0.6) is 23.0 Å². The predicted molar refractivity (Wildman–Crippen MR) is 97.2 cm³/mol. The number of carbonyl (C=O) groups excluding carboxylic acids is 2. The lowest BCUT2D eigenvalue weighted by atomic mass is 10.3. The molecule has 0 fully saturated rings. The first-order chi connectivity index (χ1) is 13.1. The second-order valence-electron chi connectivity index (χ2n) is 5.23. The van der Waals surface area contributed by atoms with Crippen LogP contribution < -0.4 is 14.2 Å². The van der Waals surface area contributed by atoms with E-state index in [4.69, 9.17) is 23.7 Å². The second kappa shape index (κ2) is 10.7. The van der Waals surface area contributed by atoms with Crippen LogP contribution >= 0.6 is 0 Å². The minimum atomic E-state index is -0.414. The molecule has 0 aromatic heterocycles. The van der Waals surface area contributed by atoms with Crippen molar-refractivity contribution in [3.63, 3.8) is 0 Å². The molecule has 0 unspecified atom stereocenters. The van der Waals surface area contributed by atoms with Gasteiger partial charge in [-0.3, -0.25) is 0 Å². The first-order valence-corrected chi connectivity index (χ1v) is 8.55. The lowest BCUT2D eigenvalue weighted by Gasteiger charge is -2.09. The van der Waals surface area contributed by atoms with Crippen LogP contribution in [0.2, 0.25) is 0 Å². The highest BCUT2D eigenvalue weighted by molar-refractivity contribution is 5.71. The molecular formula is C20H22O7. The molecule has 0 N–H and O–H groups in total. The van der Waals surface area contributed by atoms with Crippen molar-refractivity contribution in [2.75, 3.05) is 26.4 Å². The SMILES string of the molecule is CCOC(=O)COc1ccc(Oc2ccc(OCC(=O)OCC)cc2)cc1. The summed E-state index contributed by atoms with van der Waals surface area (Å²) in [5, 5.41) is 0. The summed E-state index contributed by atoms with van der Waals surface area (Å²) in [6, 6.07) is 13.7. The molecule has 7 heteroatoms. The van der Waals surface area contributed by atoms with E-state index < -0.39 is 11.9 Å². The summed E-state index contributed by atoms with van der Waals surface area (Å²) in [5.41, 5.74) is 0. The molecule has 0 bridgehead atoms. The topological polar surface area (TPSA) is 80.3 Å². The fourth-order valence-electron chi connectivity index (χ4n) is 2.03. The monoisotopic (exact) mass is 374 g/mol. The van der Waals surface area contributed by atoms with Crippen molar-refractivity contribution in [1.29, 1.82) is 0 Å². The summed E-state index contributed by atoms with van der Waals surface area (Å²) < 4.78 is 26.0. The van der Waals surface area contributed by atoms with Gasteiger partial charge in [-0.1, -0.05) is 0 Å². The zero-order valence-corrected chi connectivity index (χ0v) is 15.3. The molecule has 2 aromatic carbocycles. The second-order valence-corrected chi connectivity index (χ2v) is 5.23. The van der Waals surface area contributed by atoms with Gasteiger partial charge >= 0.3 is 11.9 Å². The number of hydrogen-bond donors (Lipinski definition) is 0. The third kappa shape index (κ3) is 7.27. The first kappa shape index (κ1) is 20.1. The van der Waals surface area contributed by atoms with Gasteiger partial charge in [0.25, 0.3) is 0 Å². The van der Waals surface area contributed by atoms with Crippen molar-refractivity contribution in [2.24, 2.45) is 0 Å². The van der Waals surface area contributed by atoms with Crippen molar-refractivity contribution in [3.05, 3.63) is 48.5 Å². The van der Waals surface area contributed by atoms with Gasteiger partial charge in [0.2, 0.25) is 0 Å². The van der Waals surface area contributed by atoms with Crippen LogP contribution in [0.1, 0.15) is 13.8 Å². The normalized spacial score (nSPS) is 10.0. The van der Waals surface area contributed by atoms with Crippen molar-refractivity contribution < 1.29 is 33.3 Å². The maximum Gasteiger partial charge on any atom is 0.344 e. The standard InChI is InChI=1S/C20H22O7/c1-3-23-19(21)13-25-15-5-9-17(10-6-15)27-18-11-7-16(8-12-18)26-14-20(22)24-4-2/h5-12H,3-4,13-14H2,1-2H3. The Morgan fingerprint density at radius 3 is 1.30 bits per heavy atom. The van der Waals surface area contributed by atoms with Crippen LogP contribution in [0.4, 0.5) is 0 Å². The molecule has 144 valence electrons. The molecule has 0 amide bonds. The number of benzene rings is 2. The van der Waals surface area contributed by atoms with E-state index >= 15 is 0 Å². The van der Waals surface area contributed by atoms with Crippen molar-refractivity contribution in [1.82, 2.24) is 0 Å². The average Bonchev–Trinajstić information content (AvgIpc) is 2.67. The fraction of sp³-hybridized carbons (Fsp3) is 0.300. The molecule has 0 heterocycles. The van der Waals surface area contributed by atoms with E-state index in [1.165, 1.54) is 0 Å². The molecule has 0 radical (unpaired) electrons. The Balaban J connectivity index is 1.82. The van der Waals surface area contributed by atoms with Gasteiger partial charge in [0.15, 0.2) is 13.2 Å². The maximum absolute atomic E-state index is 11.3. The molecule has 2 rings (SSSR count). The van der Waals surface area contributed by atoms with Crippen LogP contribution in [-0.4, -0.2) is 38.4 Å². The minimum Gasteiger partial charge on any atom is -0.482 e. The van der Waals surface area contributed by atoms with Gasteiger partial charge in [-0.05, 0) is 62.4 Å². The summed E-state index contributed by atoms with van der Waals surface area (Å²) in [7, 11) is 0. The summed E-state index contributed by atoms with van der Waals surface area (Å²) >= 11 is 0. The van der Waals surface area contributed by atoms with Crippen LogP contribution in [0.25, 0.3) is 0 Å². The van der Waals surface area contributed by atoms with Gasteiger partial charge in [-0.25, -0.2) is 9.59 Å². The largest absolute Gasteiger partial charge is 0.482 e. The molecule has 0 aliphatic heterocycles. The lowest BCUT2D eigenvalue weighted by Crippen LogP contribution is -2.14. The highest BCUT2D eigenvalue weighted by Crippen LogP contribution is 2.25. The van der Waals surface area contributed by atoms with Crippen LogP contribution in [0, 0.1) is 0 Å². The molecule has 0 atom stereocenters. The Morgan fingerprint density at radius 1 is 0.630 bits per heavy atom. The predicted octanol–water partition coefficient (Wildman–Crippen LogP) is 3.36. The van der Waals surface area contributed by atoms with E-state index in [-0.39, 0.29) is 13.2 Å². The summed E-state index contributed by atoms with van der Waals surface area (Å²) in [4.78, 5) is 22.5. The number of rotatable bonds is 10. The zero-order chi connectivity index (χ0) is 19.5. The highest BCUT2D eigenvalue weighted by Gasteiger charge is 2.05. The van der Waals surface area contributed by atoms with E-state index in [1.807, 2.05) is 0 Å². The average molecular weight is 374 g/mol.